The van der Waals surface area contributed by atoms with E-state index in [0.29, 0.717) is 50.8 Å². The molecule has 16 nitrogen and oxygen atoms in total. The molecule has 1 aromatic carbocycles. The molecular formula is C37H60N8O8. The maximum absolute atomic E-state index is 14.1. The highest BCUT2D eigenvalue weighted by Gasteiger charge is 2.37. The van der Waals surface area contributed by atoms with Gasteiger partial charge in [-0.3, -0.25) is 24.0 Å². The molecule has 0 aliphatic carbocycles. The van der Waals surface area contributed by atoms with Gasteiger partial charge in [-0.15, -0.1) is 0 Å². The lowest BCUT2D eigenvalue weighted by atomic mass is 10.00. The van der Waals surface area contributed by atoms with Gasteiger partial charge in [-0.05, 0) is 94.5 Å². The van der Waals surface area contributed by atoms with Crippen LogP contribution in [0.5, 0.6) is 5.75 Å². The fourth-order valence-corrected chi connectivity index (χ4v) is 6.14. The van der Waals surface area contributed by atoms with Gasteiger partial charge in [0.1, 0.15) is 36.0 Å². The SMILES string of the molecule is CC(C)C[C@H](NC(=O)[C@H](Cc1ccc(O)cc1)NC(=O)[C@@H]1C/C=C/C[C@H](N)C(=O)N(C)[C@@H](CCCCN)C(=O)N(C)[C@@H](CCCCN)C(=O)N1)C(=O)O. The summed E-state index contributed by atoms with van der Waals surface area (Å²) in [5, 5.41) is 27.6. The standard InChI is InChI=1S/C37H60N8O8/c1-23(2)21-29(37(52)53)43-33(48)28(22-24-15-17-25(46)18-16-24)42-32(47)27-12-6-5-11-26(40)35(50)45(4)31(14-8-10-20-39)36(51)44(3)30(34(49)41-27)13-7-9-19-38/h5-6,15-18,23,26-31,46H,7-14,19-22,38-40H2,1-4H3,(H,41,49)(H,42,47)(H,43,48)(H,52,53)/b6-5+/t26-,27-,28-,29-,30-,31-/m0/s1. The van der Waals surface area contributed by atoms with Crippen LogP contribution in [0.1, 0.15) is 77.2 Å². The zero-order valence-electron chi connectivity index (χ0n) is 31.5. The number of unbranched alkanes of at least 4 members (excludes halogenated alkanes) is 2. The fourth-order valence-electron chi connectivity index (χ4n) is 6.14. The summed E-state index contributed by atoms with van der Waals surface area (Å²) in [6.07, 6.45) is 6.14. The molecule has 1 heterocycles. The Labute approximate surface area is 312 Å². The number of hydrogen-bond acceptors (Lipinski definition) is 10. The molecule has 0 aromatic heterocycles. The molecule has 6 atom stereocenters. The number of nitrogens with two attached hydrogens (primary N) is 3. The van der Waals surface area contributed by atoms with E-state index in [2.05, 4.69) is 16.0 Å². The summed E-state index contributed by atoms with van der Waals surface area (Å²) in [5.74, 6) is -4.31. The van der Waals surface area contributed by atoms with Crippen molar-refractivity contribution in [1.29, 1.82) is 0 Å². The Kier molecular flexibility index (Phi) is 19.0. The summed E-state index contributed by atoms with van der Waals surface area (Å²) < 4.78 is 0. The van der Waals surface area contributed by atoms with E-state index in [4.69, 9.17) is 17.2 Å². The van der Waals surface area contributed by atoms with Gasteiger partial charge < -0.3 is 53.2 Å². The first-order valence-electron chi connectivity index (χ1n) is 18.4. The van der Waals surface area contributed by atoms with Crippen molar-refractivity contribution in [1.82, 2.24) is 25.8 Å². The smallest absolute Gasteiger partial charge is 0.326 e. The average Bonchev–Trinajstić information content (AvgIpc) is 3.11. The molecule has 1 aromatic rings. The van der Waals surface area contributed by atoms with Crippen LogP contribution in [0.15, 0.2) is 36.4 Å². The molecule has 0 radical (unpaired) electrons. The monoisotopic (exact) mass is 744 g/mol. The number of phenols is 1. The largest absolute Gasteiger partial charge is 0.508 e. The van der Waals surface area contributed by atoms with Gasteiger partial charge in [0.2, 0.25) is 29.5 Å². The van der Waals surface area contributed by atoms with Gasteiger partial charge in [-0.1, -0.05) is 38.1 Å². The van der Waals surface area contributed by atoms with Gasteiger partial charge in [0.05, 0.1) is 6.04 Å². The quantitative estimate of drug-likeness (QED) is 0.0784. The molecule has 16 heteroatoms. The molecule has 53 heavy (non-hydrogen) atoms. The van der Waals surface area contributed by atoms with Crippen LogP contribution in [-0.4, -0.2) is 119 Å². The third kappa shape index (κ3) is 14.4. The van der Waals surface area contributed by atoms with Crippen LogP contribution in [0.25, 0.3) is 0 Å². The van der Waals surface area contributed by atoms with Crippen molar-refractivity contribution in [3.8, 4) is 5.75 Å². The first-order valence-corrected chi connectivity index (χ1v) is 18.4. The van der Waals surface area contributed by atoms with Crippen LogP contribution in [0.2, 0.25) is 0 Å². The molecule has 1 aliphatic rings. The van der Waals surface area contributed by atoms with E-state index < -0.39 is 71.8 Å². The van der Waals surface area contributed by atoms with E-state index in [1.807, 2.05) is 13.8 Å². The van der Waals surface area contributed by atoms with Crippen molar-refractivity contribution >= 4 is 35.5 Å². The van der Waals surface area contributed by atoms with Crippen molar-refractivity contribution in [2.24, 2.45) is 23.1 Å². The number of benzene rings is 1. The van der Waals surface area contributed by atoms with Crippen LogP contribution >= 0.6 is 0 Å². The molecule has 0 bridgehead atoms. The maximum atomic E-state index is 14.1. The Balaban J connectivity index is 2.52. The predicted octanol–water partition coefficient (Wildman–Crippen LogP) is 0.109. The van der Waals surface area contributed by atoms with Crippen LogP contribution in [-0.2, 0) is 35.2 Å². The van der Waals surface area contributed by atoms with Gasteiger partial charge in [0.15, 0.2) is 0 Å². The van der Waals surface area contributed by atoms with Crippen molar-refractivity contribution in [3.63, 3.8) is 0 Å². The molecule has 5 amide bonds. The molecule has 0 unspecified atom stereocenters. The Hall–Kier alpha value is -4.54. The predicted molar refractivity (Wildman–Crippen MR) is 200 cm³/mol. The molecule has 0 spiro atoms. The lowest BCUT2D eigenvalue weighted by Gasteiger charge is -2.36. The van der Waals surface area contributed by atoms with Crippen molar-refractivity contribution < 1.29 is 39.0 Å². The van der Waals surface area contributed by atoms with E-state index in [-0.39, 0.29) is 43.8 Å². The summed E-state index contributed by atoms with van der Waals surface area (Å²) >= 11 is 0. The Morgan fingerprint density at radius 3 is 1.98 bits per heavy atom. The van der Waals surface area contributed by atoms with Crippen molar-refractivity contribution in [2.75, 3.05) is 27.2 Å². The molecule has 11 N–H and O–H groups in total. The summed E-state index contributed by atoms with van der Waals surface area (Å²) in [5.41, 5.74) is 18.3. The summed E-state index contributed by atoms with van der Waals surface area (Å²) in [4.78, 5) is 83.8. The fraction of sp³-hybridized carbons (Fsp3) is 0.622. The minimum Gasteiger partial charge on any atom is -0.508 e. The van der Waals surface area contributed by atoms with E-state index in [0.717, 1.165) is 0 Å². The van der Waals surface area contributed by atoms with E-state index in [1.54, 1.807) is 24.3 Å². The molecule has 0 fully saturated rings. The Morgan fingerprint density at radius 2 is 1.42 bits per heavy atom. The first-order chi connectivity index (χ1) is 25.1. The lowest BCUT2D eigenvalue weighted by molar-refractivity contribution is -0.148. The summed E-state index contributed by atoms with van der Waals surface area (Å²) in [7, 11) is 3.00. The normalized spacial score (nSPS) is 22.1. The van der Waals surface area contributed by atoms with Gasteiger partial charge in [0.25, 0.3) is 0 Å². The van der Waals surface area contributed by atoms with Gasteiger partial charge >= 0.3 is 5.97 Å². The highest BCUT2D eigenvalue weighted by Crippen LogP contribution is 2.18. The second-order valence-corrected chi connectivity index (χ2v) is 14.1. The number of nitrogens with one attached hydrogen (secondary N) is 3. The third-order valence-corrected chi connectivity index (χ3v) is 9.29. The van der Waals surface area contributed by atoms with E-state index >= 15 is 0 Å². The number of carbonyl (C=O) groups excluding carboxylic acids is 5. The molecule has 0 saturated carbocycles. The van der Waals surface area contributed by atoms with Crippen LogP contribution in [0.3, 0.4) is 0 Å². The zero-order chi connectivity index (χ0) is 39.7. The number of aliphatic carboxylic acids is 1. The molecule has 0 saturated heterocycles. The number of likely N-dealkylation sites (N-methyl/N-ethyl adjacent to an activating group) is 2. The number of amides is 5. The maximum Gasteiger partial charge on any atom is 0.326 e. The third-order valence-electron chi connectivity index (χ3n) is 9.29. The number of nitrogens with zero attached hydrogens (tertiary/aromatic N) is 2. The van der Waals surface area contributed by atoms with Crippen molar-refractivity contribution in [2.45, 2.75) is 114 Å². The number of hydrogen-bond donors (Lipinski definition) is 8. The first kappa shape index (κ1) is 44.6. The van der Waals surface area contributed by atoms with Gasteiger partial charge in [0, 0.05) is 20.5 Å². The molecule has 296 valence electrons. The Bertz CT molecular complexity index is 1410. The number of carboxylic acids is 1. The minimum atomic E-state index is -1.27. The van der Waals surface area contributed by atoms with Crippen LogP contribution in [0.4, 0.5) is 0 Å². The van der Waals surface area contributed by atoms with Gasteiger partial charge in [-0.2, -0.15) is 0 Å². The number of aromatic hydroxyl groups is 1. The Morgan fingerprint density at radius 1 is 0.849 bits per heavy atom. The number of carbonyl (C=O) groups is 6. The second kappa shape index (κ2) is 22.5. The number of carboxylic acid groups (broad SMARTS) is 1. The number of rotatable bonds is 17. The second-order valence-electron chi connectivity index (χ2n) is 14.1. The number of phenolic OH excluding ortho intramolecular Hbond substituents is 1. The lowest BCUT2D eigenvalue weighted by Crippen LogP contribution is -2.60. The molecular weight excluding hydrogens is 684 g/mol. The minimum absolute atomic E-state index is 0.00435. The molecule has 2 rings (SSSR count). The van der Waals surface area contributed by atoms with Crippen LogP contribution < -0.4 is 33.2 Å². The summed E-state index contributed by atoms with van der Waals surface area (Å²) in [6.45, 7) is 4.41. The highest BCUT2D eigenvalue weighted by atomic mass is 16.4. The highest BCUT2D eigenvalue weighted by molar-refractivity contribution is 5.96. The molecule has 1 aliphatic heterocycles. The van der Waals surface area contributed by atoms with E-state index in [9.17, 15) is 39.0 Å². The van der Waals surface area contributed by atoms with Crippen molar-refractivity contribution in [3.05, 3.63) is 42.0 Å². The summed E-state index contributed by atoms with van der Waals surface area (Å²) in [6, 6.07) is -0.665. The zero-order valence-corrected chi connectivity index (χ0v) is 31.5. The average molecular weight is 745 g/mol. The van der Waals surface area contributed by atoms with Crippen LogP contribution in [0, 0.1) is 5.92 Å². The van der Waals surface area contributed by atoms with E-state index in [1.165, 1.54) is 36.0 Å². The van der Waals surface area contributed by atoms with Gasteiger partial charge in [-0.25, -0.2) is 4.79 Å². The topological polar surface area (TPSA) is 264 Å².